The van der Waals surface area contributed by atoms with Crippen LogP contribution in [-0.2, 0) is 10.0 Å². The summed E-state index contributed by atoms with van der Waals surface area (Å²) in [5, 5.41) is 0.828. The highest BCUT2D eigenvalue weighted by Crippen LogP contribution is 2.20. The molecule has 0 radical (unpaired) electrons. The van der Waals surface area contributed by atoms with E-state index in [1.54, 1.807) is 24.4 Å². The van der Waals surface area contributed by atoms with E-state index in [0.717, 1.165) is 37.9 Å². The minimum atomic E-state index is -3.55. The fourth-order valence-corrected chi connectivity index (χ4v) is 3.88. The average molecular weight is 335 g/mol. The van der Waals surface area contributed by atoms with Crippen LogP contribution in [0.5, 0.6) is 0 Å². The molecule has 2 rings (SSSR count). The van der Waals surface area contributed by atoms with Crippen molar-refractivity contribution in [1.29, 1.82) is 0 Å². The van der Waals surface area contributed by atoms with Gasteiger partial charge in [-0.3, -0.25) is 4.98 Å². The number of nitrogens with zero attached hydrogens (tertiary/aromatic N) is 2. The number of aromatic nitrogens is 1. The van der Waals surface area contributed by atoms with Gasteiger partial charge in [0.2, 0.25) is 10.0 Å². The van der Waals surface area contributed by atoms with E-state index in [1.807, 2.05) is 12.1 Å². The number of hydrogen-bond acceptors (Lipinski definition) is 4. The highest BCUT2D eigenvalue weighted by molar-refractivity contribution is 7.89. The Balaban J connectivity index is 2.09. The molecular formula is C17H25N3O2S. The molecule has 23 heavy (non-hydrogen) atoms. The summed E-state index contributed by atoms with van der Waals surface area (Å²) in [5.41, 5.74) is 0.515. The van der Waals surface area contributed by atoms with Gasteiger partial charge >= 0.3 is 0 Å². The Kier molecular flexibility index (Phi) is 6.50. The highest BCUT2D eigenvalue weighted by Gasteiger charge is 2.17. The third-order valence-corrected chi connectivity index (χ3v) is 5.18. The molecule has 0 aliphatic heterocycles. The van der Waals surface area contributed by atoms with Crippen LogP contribution in [0.2, 0.25) is 0 Å². The molecule has 0 fully saturated rings. The number of sulfonamides is 1. The van der Waals surface area contributed by atoms with Crippen LogP contribution in [0.15, 0.2) is 41.4 Å². The smallest absolute Gasteiger partial charge is 0.242 e. The van der Waals surface area contributed by atoms with Crippen LogP contribution in [0.25, 0.3) is 10.9 Å². The average Bonchev–Trinajstić information content (AvgIpc) is 2.54. The maximum atomic E-state index is 12.6. The Labute approximate surface area is 138 Å². The second kappa shape index (κ2) is 8.38. The fraction of sp³-hybridized carbons (Fsp3) is 0.471. The fourth-order valence-electron chi connectivity index (χ4n) is 2.68. The molecular weight excluding hydrogens is 310 g/mol. The minimum absolute atomic E-state index is 0.244. The van der Waals surface area contributed by atoms with Gasteiger partial charge < -0.3 is 4.90 Å². The summed E-state index contributed by atoms with van der Waals surface area (Å²) in [4.78, 5) is 6.75. The number of para-hydroxylation sites is 1. The summed E-state index contributed by atoms with van der Waals surface area (Å²) in [6, 6.07) is 8.89. The molecule has 0 aliphatic carbocycles. The van der Waals surface area contributed by atoms with Crippen LogP contribution < -0.4 is 4.72 Å². The number of benzene rings is 1. The first kappa shape index (κ1) is 17.8. The molecule has 0 spiro atoms. The van der Waals surface area contributed by atoms with Crippen molar-refractivity contribution in [3.05, 3.63) is 36.5 Å². The minimum Gasteiger partial charge on any atom is -0.302 e. The Hall–Kier alpha value is -1.50. The zero-order valence-corrected chi connectivity index (χ0v) is 14.6. The topological polar surface area (TPSA) is 62.3 Å². The van der Waals surface area contributed by atoms with Gasteiger partial charge in [-0.15, -0.1) is 0 Å². The van der Waals surface area contributed by atoms with Gasteiger partial charge in [0.1, 0.15) is 4.90 Å². The van der Waals surface area contributed by atoms with E-state index in [9.17, 15) is 8.42 Å². The molecule has 1 aromatic carbocycles. The quantitative estimate of drug-likeness (QED) is 0.765. The van der Waals surface area contributed by atoms with Gasteiger partial charge in [0.05, 0.1) is 5.52 Å². The number of pyridine rings is 1. The summed E-state index contributed by atoms with van der Waals surface area (Å²) in [5.74, 6) is 0. The lowest BCUT2D eigenvalue weighted by Crippen LogP contribution is -2.35. The van der Waals surface area contributed by atoms with Crippen molar-refractivity contribution in [2.24, 2.45) is 0 Å². The first-order chi connectivity index (χ1) is 11.1. The maximum absolute atomic E-state index is 12.6. The van der Waals surface area contributed by atoms with Gasteiger partial charge in [0.25, 0.3) is 0 Å². The van der Waals surface area contributed by atoms with Gasteiger partial charge in [-0.05, 0) is 38.1 Å². The van der Waals surface area contributed by atoms with Crippen molar-refractivity contribution in [2.45, 2.75) is 31.6 Å². The molecule has 2 aromatic rings. The molecule has 0 bridgehead atoms. The predicted octanol–water partition coefficient (Wildman–Crippen LogP) is 2.64. The summed E-state index contributed by atoms with van der Waals surface area (Å²) in [7, 11) is -3.55. The molecule has 0 unspecified atom stereocenters. The van der Waals surface area contributed by atoms with Crippen LogP contribution in [0.1, 0.15) is 26.7 Å². The zero-order valence-electron chi connectivity index (χ0n) is 13.8. The summed E-state index contributed by atoms with van der Waals surface area (Å²) < 4.78 is 27.9. The second-order valence-corrected chi connectivity index (χ2v) is 7.31. The Morgan fingerprint density at radius 3 is 2.43 bits per heavy atom. The summed E-state index contributed by atoms with van der Waals surface area (Å²) in [6.45, 7) is 7.38. The molecule has 1 N–H and O–H groups in total. The largest absolute Gasteiger partial charge is 0.302 e. The standard InChI is InChI=1S/C17H25N3O2S/c1-3-12-20(13-4-2)14-11-19-23(21,22)16-9-5-7-15-8-6-10-18-17(15)16/h5-10,19H,3-4,11-14H2,1-2H3. The van der Waals surface area contributed by atoms with Gasteiger partial charge in [-0.2, -0.15) is 0 Å². The van der Waals surface area contributed by atoms with Gasteiger partial charge in [0, 0.05) is 24.7 Å². The lowest BCUT2D eigenvalue weighted by atomic mass is 10.2. The van der Waals surface area contributed by atoms with E-state index in [-0.39, 0.29) is 4.90 Å². The molecule has 5 nitrogen and oxygen atoms in total. The second-order valence-electron chi connectivity index (χ2n) is 5.57. The zero-order chi connectivity index (χ0) is 16.7. The van der Waals surface area contributed by atoms with Crippen molar-refractivity contribution in [1.82, 2.24) is 14.6 Å². The molecule has 0 amide bonds. The molecule has 0 saturated heterocycles. The van der Waals surface area contributed by atoms with Gasteiger partial charge in [0.15, 0.2) is 0 Å². The predicted molar refractivity (Wildman–Crippen MR) is 94.0 cm³/mol. The molecule has 1 heterocycles. The van der Waals surface area contributed by atoms with E-state index >= 15 is 0 Å². The van der Waals surface area contributed by atoms with Gasteiger partial charge in [-0.1, -0.05) is 32.0 Å². The lowest BCUT2D eigenvalue weighted by Gasteiger charge is -2.21. The number of hydrogen-bond donors (Lipinski definition) is 1. The Bertz CT molecular complexity index is 720. The first-order valence-corrected chi connectivity index (χ1v) is 9.62. The number of rotatable bonds is 9. The van der Waals surface area contributed by atoms with Crippen LogP contribution in [0.3, 0.4) is 0 Å². The van der Waals surface area contributed by atoms with E-state index in [1.165, 1.54) is 0 Å². The molecule has 1 aromatic heterocycles. The van der Waals surface area contributed by atoms with Crippen molar-refractivity contribution in [3.8, 4) is 0 Å². The molecule has 0 aliphatic rings. The number of nitrogens with one attached hydrogen (secondary N) is 1. The van der Waals surface area contributed by atoms with E-state index in [4.69, 9.17) is 0 Å². The van der Waals surface area contributed by atoms with E-state index in [0.29, 0.717) is 12.1 Å². The van der Waals surface area contributed by atoms with Gasteiger partial charge in [-0.25, -0.2) is 13.1 Å². The van der Waals surface area contributed by atoms with E-state index in [2.05, 4.69) is 28.5 Å². The molecule has 0 saturated carbocycles. The Morgan fingerprint density at radius 1 is 1.04 bits per heavy atom. The summed E-state index contributed by atoms with van der Waals surface area (Å²) >= 11 is 0. The SMILES string of the molecule is CCCN(CCC)CCNS(=O)(=O)c1cccc2cccnc12. The van der Waals surface area contributed by atoms with Crippen LogP contribution >= 0.6 is 0 Å². The van der Waals surface area contributed by atoms with Crippen LogP contribution in [-0.4, -0.2) is 44.5 Å². The summed E-state index contributed by atoms with van der Waals surface area (Å²) in [6.07, 6.45) is 3.76. The molecule has 126 valence electrons. The third-order valence-electron chi connectivity index (χ3n) is 3.68. The Morgan fingerprint density at radius 2 is 1.74 bits per heavy atom. The first-order valence-electron chi connectivity index (χ1n) is 8.14. The van der Waals surface area contributed by atoms with Crippen molar-refractivity contribution < 1.29 is 8.42 Å². The van der Waals surface area contributed by atoms with Crippen LogP contribution in [0.4, 0.5) is 0 Å². The third kappa shape index (κ3) is 4.73. The molecule has 6 heteroatoms. The lowest BCUT2D eigenvalue weighted by molar-refractivity contribution is 0.279. The molecule has 0 atom stereocenters. The van der Waals surface area contributed by atoms with Crippen molar-refractivity contribution in [3.63, 3.8) is 0 Å². The normalized spacial score (nSPS) is 12.1. The number of fused-ring (bicyclic) bond motifs is 1. The highest BCUT2D eigenvalue weighted by atomic mass is 32.2. The monoisotopic (exact) mass is 335 g/mol. The van der Waals surface area contributed by atoms with Crippen molar-refractivity contribution >= 4 is 20.9 Å². The van der Waals surface area contributed by atoms with E-state index < -0.39 is 10.0 Å². The van der Waals surface area contributed by atoms with Crippen LogP contribution in [0, 0.1) is 0 Å². The maximum Gasteiger partial charge on any atom is 0.242 e. The van der Waals surface area contributed by atoms with Crippen molar-refractivity contribution in [2.75, 3.05) is 26.2 Å².